The molecule has 3 rings (SSSR count). The number of carbonyl (C=O) groups is 2. The van der Waals surface area contributed by atoms with Crippen molar-refractivity contribution in [3.8, 4) is 5.75 Å². The number of hydrogen-bond donors (Lipinski definition) is 2. The van der Waals surface area contributed by atoms with Gasteiger partial charge in [0.2, 0.25) is 5.91 Å². The van der Waals surface area contributed by atoms with E-state index in [1.54, 1.807) is 31.4 Å². The lowest BCUT2D eigenvalue weighted by Gasteiger charge is -2.23. The zero-order valence-corrected chi connectivity index (χ0v) is 16.5. The molecular formula is C23H24N2O4. The quantitative estimate of drug-likeness (QED) is 0.732. The van der Waals surface area contributed by atoms with Gasteiger partial charge in [0.15, 0.2) is 0 Å². The van der Waals surface area contributed by atoms with Gasteiger partial charge in [-0.05, 0) is 54.9 Å². The van der Waals surface area contributed by atoms with Crippen molar-refractivity contribution in [1.29, 1.82) is 0 Å². The summed E-state index contributed by atoms with van der Waals surface area (Å²) in [7, 11) is 3.74. The van der Waals surface area contributed by atoms with Crippen LogP contribution in [0.15, 0.2) is 54.6 Å². The number of carbonyl (C=O) groups excluding carboxylic acids is 1. The Labute approximate surface area is 170 Å². The number of para-hydroxylation sites is 1. The van der Waals surface area contributed by atoms with Gasteiger partial charge in [0.1, 0.15) is 5.75 Å². The molecule has 1 heterocycles. The molecule has 1 amide bonds. The van der Waals surface area contributed by atoms with Crippen LogP contribution in [0, 0.1) is 0 Å². The number of carboxylic acid groups (broad SMARTS) is 1. The Hall–Kier alpha value is -3.38. The average molecular weight is 392 g/mol. The summed E-state index contributed by atoms with van der Waals surface area (Å²) in [5.41, 5.74) is 3.44. The number of hydrogen-bond acceptors (Lipinski definition) is 4. The maximum absolute atomic E-state index is 12.3. The molecule has 150 valence electrons. The third-order valence-electron chi connectivity index (χ3n) is 4.82. The number of amides is 1. The van der Waals surface area contributed by atoms with Gasteiger partial charge in [-0.3, -0.25) is 4.79 Å². The van der Waals surface area contributed by atoms with Crippen molar-refractivity contribution in [2.45, 2.75) is 6.42 Å². The summed E-state index contributed by atoms with van der Waals surface area (Å²) >= 11 is 0. The monoisotopic (exact) mass is 392 g/mol. The van der Waals surface area contributed by atoms with Gasteiger partial charge < -0.3 is 20.1 Å². The van der Waals surface area contributed by atoms with Gasteiger partial charge in [0.05, 0.1) is 18.4 Å². The lowest BCUT2D eigenvalue weighted by Crippen LogP contribution is -2.23. The Morgan fingerprint density at radius 1 is 1.21 bits per heavy atom. The zero-order valence-electron chi connectivity index (χ0n) is 16.5. The van der Waals surface area contributed by atoms with Crippen molar-refractivity contribution in [1.82, 2.24) is 4.90 Å². The largest absolute Gasteiger partial charge is 0.496 e. The zero-order chi connectivity index (χ0) is 20.8. The molecule has 1 aliphatic rings. The number of nitrogens with zero attached hydrogens (tertiary/aromatic N) is 1. The van der Waals surface area contributed by atoms with E-state index in [1.165, 1.54) is 17.7 Å². The number of ether oxygens (including phenoxy) is 1. The van der Waals surface area contributed by atoms with Crippen molar-refractivity contribution in [2.24, 2.45) is 0 Å². The van der Waals surface area contributed by atoms with Crippen LogP contribution >= 0.6 is 0 Å². The molecule has 0 spiro atoms. The third-order valence-corrected chi connectivity index (χ3v) is 4.82. The molecule has 2 N–H and O–H groups in total. The van der Waals surface area contributed by atoms with E-state index < -0.39 is 11.9 Å². The number of benzene rings is 2. The van der Waals surface area contributed by atoms with Crippen molar-refractivity contribution < 1.29 is 19.4 Å². The average Bonchev–Trinajstić information content (AvgIpc) is 2.73. The van der Waals surface area contributed by atoms with E-state index in [1.807, 2.05) is 18.2 Å². The van der Waals surface area contributed by atoms with Crippen LogP contribution in [0.4, 0.5) is 5.69 Å². The van der Waals surface area contributed by atoms with E-state index in [0.717, 1.165) is 36.4 Å². The molecular weight excluding hydrogens is 368 g/mol. The second-order valence-corrected chi connectivity index (χ2v) is 6.87. The number of methoxy groups -OCH3 is 1. The van der Waals surface area contributed by atoms with Crippen molar-refractivity contribution >= 4 is 29.2 Å². The van der Waals surface area contributed by atoms with E-state index in [-0.39, 0.29) is 11.3 Å². The van der Waals surface area contributed by atoms with Crippen LogP contribution in [0.1, 0.15) is 27.9 Å². The summed E-state index contributed by atoms with van der Waals surface area (Å²) in [5.74, 6) is -0.677. The minimum absolute atomic E-state index is 0.0511. The first-order valence-electron chi connectivity index (χ1n) is 9.35. The second kappa shape index (κ2) is 9.21. The second-order valence-electron chi connectivity index (χ2n) is 6.87. The van der Waals surface area contributed by atoms with Crippen LogP contribution in [0.3, 0.4) is 0 Å². The molecule has 0 aliphatic carbocycles. The highest BCUT2D eigenvalue weighted by molar-refractivity contribution is 6.06. The molecule has 0 aromatic heterocycles. The first-order valence-corrected chi connectivity index (χ1v) is 9.35. The highest BCUT2D eigenvalue weighted by Crippen LogP contribution is 2.31. The predicted octanol–water partition coefficient (Wildman–Crippen LogP) is 3.76. The molecule has 29 heavy (non-hydrogen) atoms. The molecule has 0 atom stereocenters. The minimum atomic E-state index is -1.09. The molecule has 6 heteroatoms. The van der Waals surface area contributed by atoms with E-state index in [2.05, 4.69) is 23.3 Å². The Kier molecular flexibility index (Phi) is 6.46. The number of likely N-dealkylation sites (N-methyl/N-ethyl adjacent to an activating group) is 1. The van der Waals surface area contributed by atoms with Crippen LogP contribution in [0.25, 0.3) is 11.6 Å². The highest BCUT2D eigenvalue weighted by Gasteiger charge is 2.14. The first-order chi connectivity index (χ1) is 14.0. The fourth-order valence-corrected chi connectivity index (χ4v) is 3.22. The van der Waals surface area contributed by atoms with Crippen LogP contribution in [-0.2, 0) is 4.79 Å². The van der Waals surface area contributed by atoms with Crippen LogP contribution in [-0.4, -0.2) is 49.1 Å². The summed E-state index contributed by atoms with van der Waals surface area (Å²) in [6, 6.07) is 12.1. The first kappa shape index (κ1) is 20.4. The normalized spacial score (nSPS) is 14.5. The fraction of sp³-hybridized carbons (Fsp3) is 0.217. The SMILES string of the molecule is COc1ccc(/C=C/C(=O)Nc2ccccc2C(=O)O)cc1C1=CCN(C)CC1. The third kappa shape index (κ3) is 5.12. The molecule has 0 unspecified atom stereocenters. The van der Waals surface area contributed by atoms with Crippen LogP contribution in [0.5, 0.6) is 5.75 Å². The summed E-state index contributed by atoms with van der Waals surface area (Å²) in [4.78, 5) is 25.8. The Morgan fingerprint density at radius 2 is 2.00 bits per heavy atom. The highest BCUT2D eigenvalue weighted by atomic mass is 16.5. The maximum atomic E-state index is 12.3. The summed E-state index contributed by atoms with van der Waals surface area (Å²) in [5, 5.41) is 11.8. The van der Waals surface area contributed by atoms with Gasteiger partial charge >= 0.3 is 5.97 Å². The van der Waals surface area contributed by atoms with Crippen molar-refractivity contribution in [3.63, 3.8) is 0 Å². The topological polar surface area (TPSA) is 78.9 Å². The van der Waals surface area contributed by atoms with Gasteiger partial charge in [-0.15, -0.1) is 0 Å². The van der Waals surface area contributed by atoms with Gasteiger partial charge in [0.25, 0.3) is 0 Å². The number of aromatic carboxylic acids is 1. The summed E-state index contributed by atoms with van der Waals surface area (Å²) in [6.07, 6.45) is 6.24. The fourth-order valence-electron chi connectivity index (χ4n) is 3.22. The molecule has 6 nitrogen and oxygen atoms in total. The number of rotatable bonds is 6. The molecule has 2 aromatic rings. The summed E-state index contributed by atoms with van der Waals surface area (Å²) < 4.78 is 5.51. The predicted molar refractivity (Wildman–Crippen MR) is 114 cm³/mol. The smallest absolute Gasteiger partial charge is 0.337 e. The number of carboxylic acids is 1. The molecule has 0 fully saturated rings. The van der Waals surface area contributed by atoms with E-state index in [0.29, 0.717) is 0 Å². The summed E-state index contributed by atoms with van der Waals surface area (Å²) in [6.45, 7) is 1.88. The molecule has 0 bridgehead atoms. The van der Waals surface area contributed by atoms with E-state index in [4.69, 9.17) is 4.74 Å². The molecule has 0 saturated carbocycles. The lowest BCUT2D eigenvalue weighted by atomic mass is 9.96. The molecule has 0 saturated heterocycles. The van der Waals surface area contributed by atoms with Crippen LogP contribution < -0.4 is 10.1 Å². The van der Waals surface area contributed by atoms with E-state index >= 15 is 0 Å². The number of anilines is 1. The minimum Gasteiger partial charge on any atom is -0.496 e. The molecule has 0 radical (unpaired) electrons. The number of nitrogens with one attached hydrogen (secondary N) is 1. The Balaban J connectivity index is 1.78. The van der Waals surface area contributed by atoms with Crippen LogP contribution in [0.2, 0.25) is 0 Å². The lowest BCUT2D eigenvalue weighted by molar-refractivity contribution is -0.111. The molecule has 2 aromatic carbocycles. The molecule has 1 aliphatic heterocycles. The van der Waals surface area contributed by atoms with E-state index in [9.17, 15) is 14.7 Å². The maximum Gasteiger partial charge on any atom is 0.337 e. The van der Waals surface area contributed by atoms with Gasteiger partial charge in [0, 0.05) is 24.7 Å². The van der Waals surface area contributed by atoms with Gasteiger partial charge in [-0.2, -0.15) is 0 Å². The standard InChI is InChI=1S/C23H24N2O4/c1-25-13-11-17(12-14-25)19-15-16(7-9-21(19)29-2)8-10-22(26)24-20-6-4-3-5-18(20)23(27)28/h3-11,15H,12-14H2,1-2H3,(H,24,26)(H,27,28)/b10-8+. The van der Waals surface area contributed by atoms with Gasteiger partial charge in [-0.25, -0.2) is 4.79 Å². The Bertz CT molecular complexity index is 979. The van der Waals surface area contributed by atoms with Gasteiger partial charge in [-0.1, -0.05) is 24.3 Å². The van der Waals surface area contributed by atoms with Crippen molar-refractivity contribution in [2.75, 3.05) is 32.6 Å². The Morgan fingerprint density at radius 3 is 2.69 bits per heavy atom. The van der Waals surface area contributed by atoms with Crippen molar-refractivity contribution in [3.05, 3.63) is 71.3 Å².